The van der Waals surface area contributed by atoms with Gasteiger partial charge in [-0.1, -0.05) is 24.3 Å². The quantitative estimate of drug-likeness (QED) is 0.621. The van der Waals surface area contributed by atoms with Crippen LogP contribution in [0.1, 0.15) is 21.5 Å². The van der Waals surface area contributed by atoms with E-state index in [2.05, 4.69) is 5.32 Å². The predicted octanol–water partition coefficient (Wildman–Crippen LogP) is 3.07. The van der Waals surface area contributed by atoms with Crippen LogP contribution < -0.4 is 14.8 Å². The number of ether oxygens (including phenoxy) is 3. The minimum absolute atomic E-state index is 0.0871. The molecular weight excluding hydrogens is 372 g/mol. The van der Waals surface area contributed by atoms with Gasteiger partial charge in [0.1, 0.15) is 6.54 Å². The molecule has 0 aliphatic rings. The first-order valence-electron chi connectivity index (χ1n) is 9.13. The zero-order chi connectivity index (χ0) is 21.0. The SMILES string of the molecule is COC(=O)c1cn(CC(=O)NCc2ccc(OC)c(OC)c2C)c2ccccc12. The Labute approximate surface area is 169 Å². The molecular formula is C22H24N2O5. The molecule has 1 heterocycles. The Morgan fingerprint density at radius 2 is 1.79 bits per heavy atom. The molecule has 0 bridgehead atoms. The molecule has 7 heteroatoms. The summed E-state index contributed by atoms with van der Waals surface area (Å²) in [5.41, 5.74) is 3.08. The molecule has 2 aromatic carbocycles. The van der Waals surface area contributed by atoms with Crippen LogP contribution in [0.3, 0.4) is 0 Å². The standard InChI is InChI=1S/C22H24N2O5/c1-14-15(9-10-19(27-2)21(14)28-3)11-23-20(25)13-24-12-17(22(26)29-4)16-7-5-6-8-18(16)24/h5-10,12H,11,13H2,1-4H3,(H,23,25). The number of carbonyl (C=O) groups excluding carboxylic acids is 2. The number of esters is 1. The molecule has 3 rings (SSSR count). The second-order valence-corrected chi connectivity index (χ2v) is 6.54. The minimum Gasteiger partial charge on any atom is -0.493 e. The lowest BCUT2D eigenvalue weighted by Crippen LogP contribution is -2.27. The number of aromatic nitrogens is 1. The summed E-state index contributed by atoms with van der Waals surface area (Å²) in [6.45, 7) is 2.36. The number of nitrogens with one attached hydrogen (secondary N) is 1. The number of benzene rings is 2. The van der Waals surface area contributed by atoms with Gasteiger partial charge in [-0.15, -0.1) is 0 Å². The van der Waals surface area contributed by atoms with Gasteiger partial charge in [-0.25, -0.2) is 4.79 Å². The number of nitrogens with zero attached hydrogens (tertiary/aromatic N) is 1. The molecule has 152 valence electrons. The Kier molecular flexibility index (Phi) is 6.07. The van der Waals surface area contributed by atoms with Gasteiger partial charge in [-0.05, 0) is 30.2 Å². The van der Waals surface area contributed by atoms with Crippen molar-refractivity contribution in [3.05, 3.63) is 59.3 Å². The Morgan fingerprint density at radius 3 is 2.48 bits per heavy atom. The third-order valence-corrected chi connectivity index (χ3v) is 4.89. The maximum Gasteiger partial charge on any atom is 0.340 e. The number of carbonyl (C=O) groups is 2. The lowest BCUT2D eigenvalue weighted by atomic mass is 10.1. The molecule has 0 saturated heterocycles. The smallest absolute Gasteiger partial charge is 0.340 e. The molecule has 1 N–H and O–H groups in total. The van der Waals surface area contributed by atoms with Gasteiger partial charge in [0.25, 0.3) is 0 Å². The number of rotatable bonds is 7. The summed E-state index contributed by atoms with van der Waals surface area (Å²) in [5, 5.41) is 3.67. The van der Waals surface area contributed by atoms with Crippen molar-refractivity contribution < 1.29 is 23.8 Å². The number of fused-ring (bicyclic) bond motifs is 1. The van der Waals surface area contributed by atoms with Crippen LogP contribution >= 0.6 is 0 Å². The third-order valence-electron chi connectivity index (χ3n) is 4.89. The van der Waals surface area contributed by atoms with Crippen LogP contribution in [0.4, 0.5) is 0 Å². The molecule has 3 aromatic rings. The summed E-state index contributed by atoms with van der Waals surface area (Å²) in [4.78, 5) is 24.6. The highest BCUT2D eigenvalue weighted by molar-refractivity contribution is 6.04. The first-order valence-corrected chi connectivity index (χ1v) is 9.13. The first-order chi connectivity index (χ1) is 14.0. The molecule has 0 fully saturated rings. The molecule has 0 saturated carbocycles. The van der Waals surface area contributed by atoms with Gasteiger partial charge >= 0.3 is 5.97 Å². The van der Waals surface area contributed by atoms with Crippen molar-refractivity contribution in [3.8, 4) is 11.5 Å². The number of para-hydroxylation sites is 1. The summed E-state index contributed by atoms with van der Waals surface area (Å²) in [5.74, 6) is 0.699. The van der Waals surface area contributed by atoms with Crippen LogP contribution in [0.2, 0.25) is 0 Å². The highest BCUT2D eigenvalue weighted by Crippen LogP contribution is 2.32. The van der Waals surface area contributed by atoms with Gasteiger partial charge in [-0.3, -0.25) is 4.79 Å². The fourth-order valence-electron chi connectivity index (χ4n) is 3.37. The average molecular weight is 396 g/mol. The molecule has 29 heavy (non-hydrogen) atoms. The van der Waals surface area contributed by atoms with Crippen LogP contribution in [0.15, 0.2) is 42.6 Å². The van der Waals surface area contributed by atoms with E-state index in [1.807, 2.05) is 43.3 Å². The third kappa shape index (κ3) is 4.03. The van der Waals surface area contributed by atoms with Gasteiger partial charge in [0.2, 0.25) is 5.91 Å². The molecule has 0 atom stereocenters. The molecule has 0 spiro atoms. The van der Waals surface area contributed by atoms with Crippen molar-refractivity contribution in [2.24, 2.45) is 0 Å². The van der Waals surface area contributed by atoms with Crippen molar-refractivity contribution in [2.75, 3.05) is 21.3 Å². The summed E-state index contributed by atoms with van der Waals surface area (Å²) in [6, 6.07) is 11.1. The van der Waals surface area contributed by atoms with Crippen molar-refractivity contribution in [1.82, 2.24) is 9.88 Å². The van der Waals surface area contributed by atoms with Crippen LogP contribution in [0, 0.1) is 6.92 Å². The molecule has 1 amide bonds. The molecule has 1 aromatic heterocycles. The van der Waals surface area contributed by atoms with E-state index < -0.39 is 5.97 Å². The Hall–Kier alpha value is -3.48. The summed E-state index contributed by atoms with van der Waals surface area (Å²) in [6.07, 6.45) is 1.65. The molecule has 0 aliphatic carbocycles. The first kappa shape index (κ1) is 20.3. The van der Waals surface area contributed by atoms with Crippen LogP contribution in [0.5, 0.6) is 11.5 Å². The lowest BCUT2D eigenvalue weighted by Gasteiger charge is -2.15. The Bertz CT molecular complexity index is 1050. The number of amides is 1. The minimum atomic E-state index is -0.429. The van der Waals surface area contributed by atoms with Gasteiger partial charge in [-0.2, -0.15) is 0 Å². The summed E-state index contributed by atoms with van der Waals surface area (Å²) in [7, 11) is 4.51. The second-order valence-electron chi connectivity index (χ2n) is 6.54. The van der Waals surface area contributed by atoms with Crippen LogP contribution in [-0.2, 0) is 22.6 Å². The summed E-state index contributed by atoms with van der Waals surface area (Å²) >= 11 is 0. The monoisotopic (exact) mass is 396 g/mol. The van der Waals surface area contributed by atoms with E-state index in [1.165, 1.54) is 7.11 Å². The topological polar surface area (TPSA) is 78.8 Å². The second kappa shape index (κ2) is 8.68. The highest BCUT2D eigenvalue weighted by atomic mass is 16.5. The zero-order valence-electron chi connectivity index (χ0n) is 16.9. The number of hydrogen-bond donors (Lipinski definition) is 1. The van der Waals surface area contributed by atoms with E-state index in [1.54, 1.807) is 25.0 Å². The molecule has 0 unspecified atom stereocenters. The van der Waals surface area contributed by atoms with Crippen molar-refractivity contribution in [3.63, 3.8) is 0 Å². The van der Waals surface area contributed by atoms with Crippen LogP contribution in [-0.4, -0.2) is 37.8 Å². The lowest BCUT2D eigenvalue weighted by molar-refractivity contribution is -0.121. The normalized spacial score (nSPS) is 10.6. The highest BCUT2D eigenvalue weighted by Gasteiger charge is 2.17. The maximum absolute atomic E-state index is 12.6. The van der Waals surface area contributed by atoms with Crippen molar-refractivity contribution in [1.29, 1.82) is 0 Å². The van der Waals surface area contributed by atoms with E-state index in [-0.39, 0.29) is 12.5 Å². The Morgan fingerprint density at radius 1 is 1.03 bits per heavy atom. The largest absolute Gasteiger partial charge is 0.493 e. The van der Waals surface area contributed by atoms with Gasteiger partial charge in [0, 0.05) is 23.6 Å². The zero-order valence-corrected chi connectivity index (χ0v) is 16.9. The number of methoxy groups -OCH3 is 3. The van der Waals surface area contributed by atoms with E-state index in [0.29, 0.717) is 23.6 Å². The van der Waals surface area contributed by atoms with E-state index in [4.69, 9.17) is 14.2 Å². The van der Waals surface area contributed by atoms with E-state index in [0.717, 1.165) is 22.0 Å². The number of hydrogen-bond acceptors (Lipinski definition) is 5. The van der Waals surface area contributed by atoms with Crippen molar-refractivity contribution >= 4 is 22.8 Å². The molecule has 0 radical (unpaired) electrons. The predicted molar refractivity (Wildman–Crippen MR) is 109 cm³/mol. The van der Waals surface area contributed by atoms with Gasteiger partial charge in [0.05, 0.1) is 26.9 Å². The molecule has 0 aliphatic heterocycles. The van der Waals surface area contributed by atoms with Gasteiger partial charge < -0.3 is 24.1 Å². The average Bonchev–Trinajstić information content (AvgIpc) is 3.10. The Balaban J connectivity index is 1.76. The van der Waals surface area contributed by atoms with Crippen molar-refractivity contribution in [2.45, 2.75) is 20.0 Å². The van der Waals surface area contributed by atoms with Crippen LogP contribution in [0.25, 0.3) is 10.9 Å². The maximum atomic E-state index is 12.6. The van der Waals surface area contributed by atoms with E-state index in [9.17, 15) is 9.59 Å². The fraction of sp³-hybridized carbons (Fsp3) is 0.273. The molecule has 7 nitrogen and oxygen atoms in total. The fourth-order valence-corrected chi connectivity index (χ4v) is 3.37. The van der Waals surface area contributed by atoms with Gasteiger partial charge in [0.15, 0.2) is 11.5 Å². The van der Waals surface area contributed by atoms with E-state index >= 15 is 0 Å². The summed E-state index contributed by atoms with van der Waals surface area (Å²) < 4.78 is 17.3.